The Bertz CT molecular complexity index is 1720. The normalized spacial score (nSPS) is 31.7. The van der Waals surface area contributed by atoms with E-state index in [0.717, 1.165) is 11.8 Å². The number of rotatable bonds is 7. The topological polar surface area (TPSA) is 255 Å². The molecule has 220 valence electrons. The maximum absolute atomic E-state index is 15.2. The van der Waals surface area contributed by atoms with E-state index in [1.165, 1.54) is 28.1 Å². The van der Waals surface area contributed by atoms with Crippen molar-refractivity contribution in [1.29, 1.82) is 0 Å². The van der Waals surface area contributed by atoms with Crippen LogP contribution in [0.15, 0.2) is 23.8 Å². The Balaban J connectivity index is 1.25. The number of hydrogen-bond donors (Lipinski definition) is 7. The van der Waals surface area contributed by atoms with Gasteiger partial charge in [-0.1, -0.05) is 12.2 Å². The number of aromatic amines is 1. The van der Waals surface area contributed by atoms with E-state index in [9.17, 15) is 24.7 Å². The Morgan fingerprint density at radius 1 is 1.15 bits per heavy atom. The van der Waals surface area contributed by atoms with E-state index >= 15 is 4.39 Å². The van der Waals surface area contributed by atoms with Crippen LogP contribution in [0.2, 0.25) is 0 Å². The third-order valence-corrected chi connectivity index (χ3v) is 11.8. The zero-order valence-corrected chi connectivity index (χ0v) is 23.3. The molecule has 2 fully saturated rings. The summed E-state index contributed by atoms with van der Waals surface area (Å²) in [6.07, 6.45) is -3.97. The van der Waals surface area contributed by atoms with Gasteiger partial charge in [-0.2, -0.15) is 4.98 Å². The number of aliphatic hydroxyl groups is 3. The summed E-state index contributed by atoms with van der Waals surface area (Å²) in [5, 5.41) is 29.7. The minimum atomic E-state index is -4.12. The Morgan fingerprint density at radius 3 is 2.63 bits per heavy atom. The van der Waals surface area contributed by atoms with Gasteiger partial charge in [0, 0.05) is 0 Å². The first-order chi connectivity index (χ1) is 19.5. The van der Waals surface area contributed by atoms with Gasteiger partial charge in [-0.15, -0.1) is 11.8 Å². The van der Waals surface area contributed by atoms with Crippen LogP contribution in [0.25, 0.3) is 22.3 Å². The molecular weight excluding hydrogens is 606 g/mol. The van der Waals surface area contributed by atoms with Gasteiger partial charge in [-0.25, -0.2) is 24.3 Å². The predicted octanol–water partition coefficient (Wildman–Crippen LogP) is -0.804. The van der Waals surface area contributed by atoms with E-state index in [0.29, 0.717) is 0 Å². The quantitative estimate of drug-likeness (QED) is 0.0974. The molecular formula is C20H24FN10O7PS2. The number of nitrogens with zero attached hydrogens (tertiary/aromatic N) is 7. The molecule has 0 saturated carbocycles. The number of halogens is 1. The summed E-state index contributed by atoms with van der Waals surface area (Å²) >= 11 is 5.32. The molecule has 8 N–H and O–H groups in total. The molecule has 21 heteroatoms. The lowest BCUT2D eigenvalue weighted by molar-refractivity contribution is -0.0408. The van der Waals surface area contributed by atoms with Crippen LogP contribution >= 0.6 is 30.6 Å². The van der Waals surface area contributed by atoms with E-state index in [-0.39, 0.29) is 34.1 Å². The highest BCUT2D eigenvalue weighted by Crippen LogP contribution is 2.66. The lowest BCUT2D eigenvalue weighted by Gasteiger charge is -2.28. The van der Waals surface area contributed by atoms with Gasteiger partial charge in [0.05, 0.1) is 42.6 Å². The fourth-order valence-corrected chi connectivity index (χ4v) is 10.0. The van der Waals surface area contributed by atoms with Crippen LogP contribution in [-0.4, -0.2) is 103 Å². The van der Waals surface area contributed by atoms with Gasteiger partial charge < -0.3 is 40.6 Å². The number of nitrogen functional groups attached to an aromatic ring is 2. The smallest absolute Gasteiger partial charge is 0.280 e. The first-order valence-electron chi connectivity index (χ1n) is 12.1. The van der Waals surface area contributed by atoms with Gasteiger partial charge in [0.15, 0.2) is 35.0 Å². The van der Waals surface area contributed by atoms with Crippen molar-refractivity contribution in [1.82, 2.24) is 39.0 Å². The van der Waals surface area contributed by atoms with Gasteiger partial charge in [-0.05, 0) is 0 Å². The van der Waals surface area contributed by atoms with Crippen LogP contribution in [-0.2, 0) is 13.8 Å². The molecule has 2 saturated heterocycles. The molecule has 4 aromatic heterocycles. The number of nitrogens with two attached hydrogens (primary N) is 2. The first-order valence-corrected chi connectivity index (χ1v) is 15.8. The number of anilines is 2. The summed E-state index contributed by atoms with van der Waals surface area (Å²) < 4.78 is 43.1. The minimum absolute atomic E-state index is 0.0445. The summed E-state index contributed by atoms with van der Waals surface area (Å²) in [5.41, 5.74) is 10.1. The number of aromatic nitrogens is 8. The molecule has 4 aromatic rings. The molecule has 2 aliphatic heterocycles. The second-order valence-electron chi connectivity index (χ2n) is 9.45. The number of imidazole rings is 2. The Labute approximate surface area is 238 Å². The number of alkyl halides is 1. The van der Waals surface area contributed by atoms with Crippen LogP contribution in [0.4, 0.5) is 16.2 Å². The molecule has 6 heterocycles. The van der Waals surface area contributed by atoms with Gasteiger partial charge in [0.25, 0.3) is 12.1 Å². The molecule has 0 radical (unpaired) electrons. The Hall–Kier alpha value is -2.84. The van der Waals surface area contributed by atoms with Crippen molar-refractivity contribution in [3.63, 3.8) is 0 Å². The second kappa shape index (κ2) is 10.5. The summed E-state index contributed by atoms with van der Waals surface area (Å²) in [7, 11) is 0. The molecule has 0 aromatic carbocycles. The van der Waals surface area contributed by atoms with Crippen LogP contribution < -0.4 is 17.0 Å². The van der Waals surface area contributed by atoms with E-state index in [1.807, 2.05) is 0 Å². The average Bonchev–Trinajstić information content (AvgIpc) is 3.68. The summed E-state index contributed by atoms with van der Waals surface area (Å²) in [4.78, 5) is 34.7. The second-order valence-corrected chi connectivity index (χ2v) is 14.5. The number of nitrogens with one attached hydrogen (secondary N) is 1. The van der Waals surface area contributed by atoms with Crippen molar-refractivity contribution in [2.24, 2.45) is 0 Å². The molecule has 0 aliphatic carbocycles. The fourth-order valence-electron chi connectivity index (χ4n) is 4.98. The van der Waals surface area contributed by atoms with E-state index in [4.69, 9.17) is 20.7 Å². The van der Waals surface area contributed by atoms with Crippen molar-refractivity contribution < 1.29 is 33.5 Å². The fraction of sp³-hybridized carbons (Fsp3) is 0.500. The monoisotopic (exact) mass is 630 g/mol. The van der Waals surface area contributed by atoms with Crippen LogP contribution in [0.1, 0.15) is 11.6 Å². The third kappa shape index (κ3) is 4.67. The number of hydrogen-bond acceptors (Lipinski definition) is 15. The summed E-state index contributed by atoms with van der Waals surface area (Å²) in [6.45, 7) is -5.16. The first kappa shape index (κ1) is 28.3. The van der Waals surface area contributed by atoms with Gasteiger partial charge >= 0.3 is 0 Å². The van der Waals surface area contributed by atoms with Crippen LogP contribution in [0, 0.1) is 0 Å². The molecule has 0 amide bonds. The van der Waals surface area contributed by atoms with Gasteiger partial charge in [0.1, 0.15) is 29.7 Å². The lowest BCUT2D eigenvalue weighted by atomic mass is 10.1. The number of thiol groups is 1. The summed E-state index contributed by atoms with van der Waals surface area (Å²) in [5.74, 6) is -0.105. The van der Waals surface area contributed by atoms with Crippen LogP contribution in [0.3, 0.4) is 0 Å². The summed E-state index contributed by atoms with van der Waals surface area (Å²) in [6, 6.07) is 0. The zero-order chi connectivity index (χ0) is 29.2. The van der Waals surface area contributed by atoms with E-state index in [2.05, 4.69) is 42.2 Å². The SMILES string of the molecule is Nc1nc2c(ncn2[C@@H]2S[C@H](CO)[C@@H](O)[C@H]2P(=O)(S)OC[C@H]2O[C@@H](n3cnc4c(N)ncnc43)[C@@H](F)[C@@H]2O)c(=O)[nH]1. The molecule has 2 aliphatic rings. The standard InChI is InChI=1S/C20H24FN10O7PS2/c21-8-11(33)6(38-18(8)30-4-26-9-14(22)24-3-25-15(9)30)2-37-39(36,40)13-12(34)7(1-32)41-19(13)31-5-27-10-16(31)28-20(23)29-17(10)35/h3-8,11-13,18-19,32-34H,1-2H2,(H,36,40)(H2,22,24,25)(H3,23,28,29,35)/t6-,7-,8+,11-,12-,13-,18-,19-,39?/m1/s1. The van der Waals surface area contributed by atoms with Crippen molar-refractivity contribution >= 4 is 64.7 Å². The molecule has 0 bridgehead atoms. The molecule has 41 heavy (non-hydrogen) atoms. The van der Waals surface area contributed by atoms with Crippen molar-refractivity contribution in [2.45, 2.75) is 47.0 Å². The maximum Gasteiger partial charge on any atom is 0.280 e. The number of aliphatic hydroxyl groups excluding tert-OH is 3. The average molecular weight is 631 g/mol. The number of ether oxygens (including phenoxy) is 1. The van der Waals surface area contributed by atoms with Gasteiger partial charge in [0.2, 0.25) is 5.95 Å². The number of H-pyrrole nitrogens is 1. The highest BCUT2D eigenvalue weighted by molar-refractivity contribution is 8.46. The largest absolute Gasteiger partial charge is 0.395 e. The maximum atomic E-state index is 15.2. The third-order valence-electron chi connectivity index (χ3n) is 7.00. The van der Waals surface area contributed by atoms with Crippen molar-refractivity contribution in [3.8, 4) is 0 Å². The Kier molecular flexibility index (Phi) is 7.22. The van der Waals surface area contributed by atoms with E-state index in [1.54, 1.807) is 0 Å². The molecule has 17 nitrogen and oxygen atoms in total. The van der Waals surface area contributed by atoms with Gasteiger partial charge in [-0.3, -0.25) is 18.9 Å². The molecule has 0 spiro atoms. The van der Waals surface area contributed by atoms with Crippen molar-refractivity contribution in [3.05, 3.63) is 29.3 Å². The molecule has 1 unspecified atom stereocenters. The highest BCUT2D eigenvalue weighted by atomic mass is 32.7. The number of thioether (sulfide) groups is 1. The minimum Gasteiger partial charge on any atom is -0.395 e. The van der Waals surface area contributed by atoms with Crippen LogP contribution in [0.5, 0.6) is 0 Å². The zero-order valence-electron chi connectivity index (χ0n) is 20.7. The number of fused-ring (bicyclic) bond motifs is 2. The van der Waals surface area contributed by atoms with Crippen molar-refractivity contribution in [2.75, 3.05) is 24.7 Å². The predicted molar refractivity (Wildman–Crippen MR) is 147 cm³/mol. The molecule has 9 atom stereocenters. The van der Waals surface area contributed by atoms with E-state index < -0.39 is 72.3 Å². The molecule has 6 rings (SSSR count). The Morgan fingerprint density at radius 2 is 1.88 bits per heavy atom. The lowest BCUT2D eigenvalue weighted by Crippen LogP contribution is -2.35. The highest BCUT2D eigenvalue weighted by Gasteiger charge is 2.54.